The van der Waals surface area contributed by atoms with Gasteiger partial charge in [0.05, 0.1) is 5.54 Å². The third kappa shape index (κ3) is 2.44. The summed E-state index contributed by atoms with van der Waals surface area (Å²) in [4.78, 5) is 13.7. The van der Waals surface area contributed by atoms with E-state index in [1.807, 2.05) is 32.0 Å². The van der Waals surface area contributed by atoms with Crippen LogP contribution in [0.1, 0.15) is 19.4 Å². The van der Waals surface area contributed by atoms with Crippen LogP contribution in [0.15, 0.2) is 24.3 Å². The third-order valence-corrected chi connectivity index (χ3v) is 3.12. The van der Waals surface area contributed by atoms with Crippen molar-refractivity contribution >= 4 is 17.5 Å². The highest BCUT2D eigenvalue weighted by molar-refractivity contribution is 6.30. The Labute approximate surface area is 106 Å². The lowest BCUT2D eigenvalue weighted by molar-refractivity contribution is -0.132. The lowest BCUT2D eigenvalue weighted by atomic mass is 10.1. The zero-order valence-corrected chi connectivity index (χ0v) is 10.7. The average molecular weight is 254 g/mol. The highest BCUT2D eigenvalue weighted by Crippen LogP contribution is 2.21. The van der Waals surface area contributed by atoms with Gasteiger partial charge in [0.15, 0.2) is 0 Å². The molecule has 4 nitrogen and oxygen atoms in total. The quantitative estimate of drug-likeness (QED) is 0.835. The van der Waals surface area contributed by atoms with Crippen molar-refractivity contribution in [2.24, 2.45) is 5.73 Å². The Balaban J connectivity index is 2.17. The van der Waals surface area contributed by atoms with E-state index in [0.29, 0.717) is 11.6 Å². The Morgan fingerprint density at radius 2 is 2.24 bits per heavy atom. The molecule has 3 N–H and O–H groups in total. The second-order valence-electron chi connectivity index (χ2n) is 4.78. The molecular weight excluding hydrogens is 238 g/mol. The summed E-state index contributed by atoms with van der Waals surface area (Å²) in [5.41, 5.74) is 6.27. The average Bonchev–Trinajstić information content (AvgIpc) is 2.41. The van der Waals surface area contributed by atoms with Gasteiger partial charge in [-0.2, -0.15) is 0 Å². The first-order chi connectivity index (χ1) is 7.90. The van der Waals surface area contributed by atoms with Crippen molar-refractivity contribution < 1.29 is 4.79 Å². The minimum absolute atomic E-state index is 0.00461. The first-order valence-electron chi connectivity index (χ1n) is 5.49. The number of benzene rings is 1. The fourth-order valence-electron chi connectivity index (χ4n) is 2.00. The number of rotatable bonds is 2. The van der Waals surface area contributed by atoms with Crippen LogP contribution in [0.3, 0.4) is 0 Å². The number of carbonyl (C=O) groups excluding carboxylic acids is 1. The Kier molecular flexibility index (Phi) is 3.12. The topological polar surface area (TPSA) is 58.4 Å². The van der Waals surface area contributed by atoms with Gasteiger partial charge >= 0.3 is 0 Å². The van der Waals surface area contributed by atoms with Crippen LogP contribution in [-0.2, 0) is 11.3 Å². The number of nitrogens with zero attached hydrogens (tertiary/aromatic N) is 1. The van der Waals surface area contributed by atoms with Crippen molar-refractivity contribution in [3.8, 4) is 0 Å². The maximum absolute atomic E-state index is 12.1. The molecule has 92 valence electrons. The Morgan fingerprint density at radius 1 is 1.53 bits per heavy atom. The minimum Gasteiger partial charge on any atom is -0.308 e. The van der Waals surface area contributed by atoms with E-state index in [0.717, 1.165) is 5.56 Å². The zero-order valence-electron chi connectivity index (χ0n) is 9.90. The molecular formula is C12H16ClN3O. The van der Waals surface area contributed by atoms with Crippen molar-refractivity contribution in [3.05, 3.63) is 34.9 Å². The molecule has 0 radical (unpaired) electrons. The molecule has 1 heterocycles. The second kappa shape index (κ2) is 4.29. The number of hydrogen-bond donors (Lipinski definition) is 2. The number of carbonyl (C=O) groups is 1. The monoisotopic (exact) mass is 253 g/mol. The Hall–Kier alpha value is -1.10. The van der Waals surface area contributed by atoms with E-state index < -0.39 is 11.8 Å². The van der Waals surface area contributed by atoms with Gasteiger partial charge in [-0.1, -0.05) is 23.7 Å². The normalized spacial score (nSPS) is 23.2. The molecule has 1 atom stereocenters. The van der Waals surface area contributed by atoms with E-state index in [1.165, 1.54) is 0 Å². The van der Waals surface area contributed by atoms with Crippen LogP contribution >= 0.6 is 11.6 Å². The van der Waals surface area contributed by atoms with Crippen LogP contribution in [0.2, 0.25) is 5.02 Å². The predicted molar refractivity (Wildman–Crippen MR) is 67.2 cm³/mol. The summed E-state index contributed by atoms with van der Waals surface area (Å²) in [6, 6.07) is 7.44. The predicted octanol–water partition coefficient (Wildman–Crippen LogP) is 1.29. The molecule has 1 aromatic rings. The summed E-state index contributed by atoms with van der Waals surface area (Å²) in [6.07, 6.45) is -0.448. The highest BCUT2D eigenvalue weighted by atomic mass is 35.5. The van der Waals surface area contributed by atoms with Gasteiger partial charge in [-0.25, -0.2) is 0 Å². The molecule has 1 aliphatic heterocycles. The van der Waals surface area contributed by atoms with Crippen LogP contribution in [0.5, 0.6) is 0 Å². The van der Waals surface area contributed by atoms with Gasteiger partial charge in [0.2, 0.25) is 5.91 Å². The van der Waals surface area contributed by atoms with Gasteiger partial charge in [-0.15, -0.1) is 0 Å². The summed E-state index contributed by atoms with van der Waals surface area (Å²) < 4.78 is 0. The smallest absolute Gasteiger partial charge is 0.244 e. The van der Waals surface area contributed by atoms with Gasteiger partial charge in [-0.3, -0.25) is 15.8 Å². The van der Waals surface area contributed by atoms with Crippen LogP contribution in [0.4, 0.5) is 0 Å². The van der Waals surface area contributed by atoms with Crippen LogP contribution in [-0.4, -0.2) is 22.6 Å². The first kappa shape index (κ1) is 12.4. The van der Waals surface area contributed by atoms with E-state index in [9.17, 15) is 4.79 Å². The lowest BCUT2D eigenvalue weighted by Gasteiger charge is -2.20. The maximum atomic E-state index is 12.1. The Morgan fingerprint density at radius 3 is 2.76 bits per heavy atom. The molecule has 5 heteroatoms. The van der Waals surface area contributed by atoms with E-state index in [-0.39, 0.29) is 5.91 Å². The molecule has 1 amide bonds. The third-order valence-electron chi connectivity index (χ3n) is 2.88. The summed E-state index contributed by atoms with van der Waals surface area (Å²) in [6.45, 7) is 4.12. The van der Waals surface area contributed by atoms with E-state index in [4.69, 9.17) is 17.3 Å². The number of halogens is 1. The number of amides is 1. The summed E-state index contributed by atoms with van der Waals surface area (Å²) in [5.74, 6) is 0.00461. The van der Waals surface area contributed by atoms with Gasteiger partial charge in [0.1, 0.15) is 6.29 Å². The van der Waals surface area contributed by atoms with E-state index >= 15 is 0 Å². The molecule has 1 unspecified atom stereocenters. The number of nitrogens with two attached hydrogens (primary N) is 1. The SMILES string of the molecule is CC1(C)NC(N)N(Cc2cccc(Cl)c2)C1=O. The molecule has 0 aromatic heterocycles. The molecule has 1 fully saturated rings. The number of hydrogen-bond acceptors (Lipinski definition) is 3. The van der Waals surface area contributed by atoms with Gasteiger partial charge < -0.3 is 4.90 Å². The van der Waals surface area contributed by atoms with E-state index in [2.05, 4.69) is 5.32 Å². The van der Waals surface area contributed by atoms with Crippen LogP contribution < -0.4 is 11.1 Å². The zero-order chi connectivity index (χ0) is 12.6. The molecule has 0 aliphatic carbocycles. The largest absolute Gasteiger partial charge is 0.308 e. The molecule has 17 heavy (non-hydrogen) atoms. The highest BCUT2D eigenvalue weighted by Gasteiger charge is 2.42. The minimum atomic E-state index is -0.599. The molecule has 1 aromatic carbocycles. The van der Waals surface area contributed by atoms with Gasteiger partial charge in [-0.05, 0) is 31.5 Å². The fraction of sp³-hybridized carbons (Fsp3) is 0.417. The van der Waals surface area contributed by atoms with Gasteiger partial charge in [0, 0.05) is 11.6 Å². The fourth-order valence-corrected chi connectivity index (χ4v) is 2.21. The molecule has 2 rings (SSSR count). The van der Waals surface area contributed by atoms with Gasteiger partial charge in [0.25, 0.3) is 0 Å². The van der Waals surface area contributed by atoms with Crippen molar-refractivity contribution in [2.45, 2.75) is 32.2 Å². The van der Waals surface area contributed by atoms with Crippen molar-refractivity contribution in [1.29, 1.82) is 0 Å². The second-order valence-corrected chi connectivity index (χ2v) is 5.21. The van der Waals surface area contributed by atoms with E-state index in [1.54, 1.807) is 11.0 Å². The molecule has 1 saturated heterocycles. The number of nitrogens with one attached hydrogen (secondary N) is 1. The molecule has 0 spiro atoms. The lowest BCUT2D eigenvalue weighted by Crippen LogP contribution is -2.45. The Bertz CT molecular complexity index is 447. The molecule has 0 saturated carbocycles. The van der Waals surface area contributed by atoms with Crippen LogP contribution in [0, 0.1) is 0 Å². The van der Waals surface area contributed by atoms with Crippen LogP contribution in [0.25, 0.3) is 0 Å². The van der Waals surface area contributed by atoms with Crippen molar-refractivity contribution in [3.63, 3.8) is 0 Å². The maximum Gasteiger partial charge on any atom is 0.244 e. The standard InChI is InChI=1S/C12H16ClN3O/c1-12(2)10(17)16(11(14)15-12)7-8-4-3-5-9(13)6-8/h3-6,11,15H,7,14H2,1-2H3. The summed E-state index contributed by atoms with van der Waals surface area (Å²) in [5, 5.41) is 3.71. The summed E-state index contributed by atoms with van der Waals surface area (Å²) >= 11 is 5.91. The summed E-state index contributed by atoms with van der Waals surface area (Å²) in [7, 11) is 0. The van der Waals surface area contributed by atoms with Crippen molar-refractivity contribution in [2.75, 3.05) is 0 Å². The van der Waals surface area contributed by atoms with Crippen molar-refractivity contribution in [1.82, 2.24) is 10.2 Å². The molecule has 0 bridgehead atoms. The first-order valence-corrected chi connectivity index (χ1v) is 5.87. The molecule has 1 aliphatic rings.